The Kier molecular flexibility index (Phi) is 3.56. The van der Waals surface area contributed by atoms with E-state index in [-0.39, 0.29) is 23.9 Å². The maximum atomic E-state index is 11.6. The van der Waals surface area contributed by atoms with Crippen LogP contribution in [0.25, 0.3) is 0 Å². The molecule has 0 saturated carbocycles. The second kappa shape index (κ2) is 5.50. The number of carbonyl (C=O) groups is 1. The second-order valence-electron chi connectivity index (χ2n) is 3.42. The zero-order valence-electron chi connectivity index (χ0n) is 9.38. The van der Waals surface area contributed by atoms with Crippen molar-refractivity contribution in [2.75, 3.05) is 11.9 Å². The summed E-state index contributed by atoms with van der Waals surface area (Å²) in [7, 11) is 0. The molecule has 2 aromatic rings. The normalized spacial score (nSPS) is 9.50. The molecule has 1 aromatic carbocycles. The molecule has 1 amide bonds. The zero-order chi connectivity index (χ0) is 12.8. The minimum Gasteiger partial charge on any atom is -0.484 e. The predicted molar refractivity (Wildman–Crippen MR) is 63.9 cm³/mol. The van der Waals surface area contributed by atoms with E-state index in [0.717, 1.165) is 0 Å². The monoisotopic (exact) mass is 242 g/mol. The lowest BCUT2D eigenvalue weighted by Crippen LogP contribution is -2.20. The van der Waals surface area contributed by atoms with Crippen LogP contribution in [0.15, 0.2) is 36.5 Å². The third-order valence-electron chi connectivity index (χ3n) is 2.14. The molecule has 0 fully saturated rings. The van der Waals surface area contributed by atoms with E-state index in [1.807, 2.05) is 24.3 Å². The van der Waals surface area contributed by atoms with Crippen molar-refractivity contribution in [1.82, 2.24) is 10.2 Å². The average molecular weight is 242 g/mol. The van der Waals surface area contributed by atoms with Gasteiger partial charge in [0.2, 0.25) is 0 Å². The first-order valence-electron chi connectivity index (χ1n) is 5.21. The Labute approximate surface area is 103 Å². The molecule has 2 N–H and O–H groups in total. The summed E-state index contributed by atoms with van der Waals surface area (Å²) in [5.74, 6) is 0.525. The van der Waals surface area contributed by atoms with Crippen LogP contribution in [-0.4, -0.2) is 22.7 Å². The van der Waals surface area contributed by atoms with Gasteiger partial charge in [0.05, 0.1) is 6.20 Å². The molecule has 18 heavy (non-hydrogen) atoms. The van der Waals surface area contributed by atoms with Gasteiger partial charge in [-0.1, -0.05) is 18.2 Å². The number of amides is 1. The molecule has 1 heterocycles. The third kappa shape index (κ3) is 2.86. The Hall–Kier alpha value is -2.81. The molecule has 0 bridgehead atoms. The van der Waals surface area contributed by atoms with Crippen LogP contribution in [-0.2, 0) is 4.79 Å². The number of anilines is 1. The van der Waals surface area contributed by atoms with Gasteiger partial charge in [0, 0.05) is 0 Å². The summed E-state index contributed by atoms with van der Waals surface area (Å²) in [5, 5.41) is 17.4. The van der Waals surface area contributed by atoms with Crippen LogP contribution < -0.4 is 10.1 Å². The molecule has 0 spiro atoms. The molecule has 0 aliphatic carbocycles. The second-order valence-corrected chi connectivity index (χ2v) is 3.42. The van der Waals surface area contributed by atoms with Crippen molar-refractivity contribution >= 4 is 11.7 Å². The summed E-state index contributed by atoms with van der Waals surface area (Å²) in [6.07, 6.45) is 1.34. The topological polar surface area (TPSA) is 90.8 Å². The molecule has 90 valence electrons. The molecule has 2 rings (SSSR count). The summed E-state index contributed by atoms with van der Waals surface area (Å²) < 4.78 is 5.26. The lowest BCUT2D eigenvalue weighted by atomic mass is 10.3. The SMILES string of the molecule is N#Cc1cn[nH]c1NC(=O)COc1ccccc1. The summed E-state index contributed by atoms with van der Waals surface area (Å²) >= 11 is 0. The van der Waals surface area contributed by atoms with E-state index in [1.54, 1.807) is 12.1 Å². The molecule has 0 atom stereocenters. The zero-order valence-corrected chi connectivity index (χ0v) is 9.38. The van der Waals surface area contributed by atoms with Gasteiger partial charge in [-0.3, -0.25) is 9.89 Å². The number of H-pyrrole nitrogens is 1. The number of hydrogen-bond donors (Lipinski definition) is 2. The lowest BCUT2D eigenvalue weighted by molar-refractivity contribution is -0.118. The quantitative estimate of drug-likeness (QED) is 0.845. The smallest absolute Gasteiger partial charge is 0.263 e. The largest absolute Gasteiger partial charge is 0.484 e. The van der Waals surface area contributed by atoms with Gasteiger partial charge in [-0.2, -0.15) is 10.4 Å². The maximum absolute atomic E-state index is 11.6. The first-order chi connectivity index (χ1) is 8.79. The van der Waals surface area contributed by atoms with Crippen molar-refractivity contribution < 1.29 is 9.53 Å². The first-order valence-corrected chi connectivity index (χ1v) is 5.21. The van der Waals surface area contributed by atoms with Gasteiger partial charge in [0.1, 0.15) is 23.2 Å². The Morgan fingerprint density at radius 3 is 2.94 bits per heavy atom. The number of nitrogens with one attached hydrogen (secondary N) is 2. The van der Waals surface area contributed by atoms with Gasteiger partial charge in [-0.15, -0.1) is 0 Å². The fourth-order valence-electron chi connectivity index (χ4n) is 1.31. The molecule has 0 aliphatic rings. The first kappa shape index (κ1) is 11.7. The van der Waals surface area contributed by atoms with Crippen molar-refractivity contribution in [2.45, 2.75) is 0 Å². The van der Waals surface area contributed by atoms with Crippen molar-refractivity contribution in [3.63, 3.8) is 0 Å². The summed E-state index contributed by atoms with van der Waals surface area (Å²) in [4.78, 5) is 11.6. The molecule has 0 unspecified atom stereocenters. The average Bonchev–Trinajstić information content (AvgIpc) is 2.85. The van der Waals surface area contributed by atoms with Crippen LogP contribution in [0.2, 0.25) is 0 Å². The fourth-order valence-corrected chi connectivity index (χ4v) is 1.31. The highest BCUT2D eigenvalue weighted by Crippen LogP contribution is 2.10. The fraction of sp³-hybridized carbons (Fsp3) is 0.0833. The molecule has 6 heteroatoms. The summed E-state index contributed by atoms with van der Waals surface area (Å²) in [6, 6.07) is 10.9. The van der Waals surface area contributed by atoms with Gasteiger partial charge in [-0.05, 0) is 12.1 Å². The van der Waals surface area contributed by atoms with Crippen LogP contribution in [0.4, 0.5) is 5.82 Å². The van der Waals surface area contributed by atoms with Crippen molar-refractivity contribution in [3.05, 3.63) is 42.1 Å². The number of carbonyl (C=O) groups excluding carboxylic acids is 1. The number of para-hydroxylation sites is 1. The van der Waals surface area contributed by atoms with Crippen LogP contribution in [0, 0.1) is 11.3 Å². The number of ether oxygens (including phenoxy) is 1. The van der Waals surface area contributed by atoms with Gasteiger partial charge in [0.15, 0.2) is 6.61 Å². The number of aromatic nitrogens is 2. The standard InChI is InChI=1S/C12H10N4O2/c13-6-9-7-14-16-12(9)15-11(17)8-18-10-4-2-1-3-5-10/h1-5,7H,8H2,(H2,14,15,16,17). The van der Waals surface area contributed by atoms with Crippen molar-refractivity contribution in [3.8, 4) is 11.8 Å². The molecule has 6 nitrogen and oxygen atoms in total. The number of nitrogens with zero attached hydrogens (tertiary/aromatic N) is 2. The number of rotatable bonds is 4. The Bertz CT molecular complexity index is 571. The maximum Gasteiger partial charge on any atom is 0.263 e. The van der Waals surface area contributed by atoms with E-state index in [2.05, 4.69) is 15.5 Å². The highest BCUT2D eigenvalue weighted by atomic mass is 16.5. The molecule has 0 radical (unpaired) electrons. The molecule has 1 aromatic heterocycles. The molecule has 0 saturated heterocycles. The van der Waals surface area contributed by atoms with Crippen LogP contribution in [0.3, 0.4) is 0 Å². The van der Waals surface area contributed by atoms with Crippen LogP contribution in [0.1, 0.15) is 5.56 Å². The number of nitriles is 1. The number of benzene rings is 1. The van der Waals surface area contributed by atoms with Crippen molar-refractivity contribution in [2.24, 2.45) is 0 Å². The van der Waals surface area contributed by atoms with E-state index < -0.39 is 0 Å². The number of aromatic amines is 1. The predicted octanol–water partition coefficient (Wildman–Crippen LogP) is 1.30. The highest BCUT2D eigenvalue weighted by molar-refractivity contribution is 5.92. The van der Waals surface area contributed by atoms with Gasteiger partial charge in [-0.25, -0.2) is 0 Å². The van der Waals surface area contributed by atoms with Crippen LogP contribution in [0.5, 0.6) is 5.75 Å². The van der Waals surface area contributed by atoms with Crippen molar-refractivity contribution in [1.29, 1.82) is 5.26 Å². The highest BCUT2D eigenvalue weighted by Gasteiger charge is 2.08. The Morgan fingerprint density at radius 1 is 1.44 bits per heavy atom. The van der Waals surface area contributed by atoms with Gasteiger partial charge >= 0.3 is 0 Å². The van der Waals surface area contributed by atoms with Crippen LogP contribution >= 0.6 is 0 Å². The van der Waals surface area contributed by atoms with Gasteiger partial charge < -0.3 is 10.1 Å². The Balaban J connectivity index is 1.88. The van der Waals surface area contributed by atoms with E-state index in [4.69, 9.17) is 10.00 Å². The van der Waals surface area contributed by atoms with E-state index in [0.29, 0.717) is 5.75 Å². The van der Waals surface area contributed by atoms with Gasteiger partial charge in [0.25, 0.3) is 5.91 Å². The molecule has 0 aliphatic heterocycles. The summed E-state index contributed by atoms with van der Waals surface area (Å²) in [6.45, 7) is -0.131. The molecular formula is C12H10N4O2. The molecular weight excluding hydrogens is 232 g/mol. The Morgan fingerprint density at radius 2 is 2.22 bits per heavy atom. The summed E-state index contributed by atoms with van der Waals surface area (Å²) in [5.41, 5.74) is 0.281. The van der Waals surface area contributed by atoms with E-state index in [1.165, 1.54) is 6.20 Å². The van der Waals surface area contributed by atoms with E-state index >= 15 is 0 Å². The number of hydrogen-bond acceptors (Lipinski definition) is 4. The minimum absolute atomic E-state index is 0.131. The minimum atomic E-state index is -0.361. The lowest BCUT2D eigenvalue weighted by Gasteiger charge is -2.05. The van der Waals surface area contributed by atoms with E-state index in [9.17, 15) is 4.79 Å². The third-order valence-corrected chi connectivity index (χ3v) is 2.14.